The lowest BCUT2D eigenvalue weighted by molar-refractivity contribution is 0.121. The zero-order valence-electron chi connectivity index (χ0n) is 10.6. The summed E-state index contributed by atoms with van der Waals surface area (Å²) in [6.45, 7) is 3.21. The molecule has 0 radical (unpaired) electrons. The van der Waals surface area contributed by atoms with Crippen LogP contribution < -0.4 is 0 Å². The van der Waals surface area contributed by atoms with Crippen LogP contribution in [0.2, 0.25) is 0 Å². The van der Waals surface area contributed by atoms with Gasteiger partial charge in [-0.05, 0) is 26.6 Å². The molecule has 0 spiro atoms. The van der Waals surface area contributed by atoms with E-state index < -0.39 is 6.16 Å². The Labute approximate surface area is 102 Å². The van der Waals surface area contributed by atoms with E-state index >= 15 is 0 Å². The number of ether oxygens (including phenoxy) is 2. The average molecular weight is 237 g/mol. The second-order valence-corrected chi connectivity index (χ2v) is 4.21. The molecular formula is C13H19NO3. The van der Waals surface area contributed by atoms with E-state index in [9.17, 15) is 4.79 Å². The molecule has 0 aromatic heterocycles. The fourth-order valence-electron chi connectivity index (χ4n) is 1.37. The van der Waals surface area contributed by atoms with Gasteiger partial charge in [0.05, 0.1) is 0 Å². The summed E-state index contributed by atoms with van der Waals surface area (Å²) in [5.74, 6) is 0. The summed E-state index contributed by atoms with van der Waals surface area (Å²) >= 11 is 0. The SMILES string of the molecule is CC1COC(=O)O1.CN(C)Cc1ccccc1. The van der Waals surface area contributed by atoms with Gasteiger partial charge in [-0.25, -0.2) is 4.79 Å². The van der Waals surface area contributed by atoms with Gasteiger partial charge in [0.15, 0.2) is 0 Å². The van der Waals surface area contributed by atoms with E-state index in [0.717, 1.165) is 6.54 Å². The van der Waals surface area contributed by atoms with E-state index in [0.29, 0.717) is 6.61 Å². The third kappa shape index (κ3) is 5.92. The van der Waals surface area contributed by atoms with Crippen LogP contribution in [-0.2, 0) is 16.0 Å². The molecule has 4 nitrogen and oxygen atoms in total. The number of hydrogen-bond acceptors (Lipinski definition) is 4. The van der Waals surface area contributed by atoms with Crippen LogP contribution in [0.3, 0.4) is 0 Å². The molecule has 0 saturated carbocycles. The number of rotatable bonds is 2. The summed E-state index contributed by atoms with van der Waals surface area (Å²) < 4.78 is 8.90. The normalized spacial score (nSPS) is 18.1. The maximum atomic E-state index is 10.0. The fraction of sp³-hybridized carbons (Fsp3) is 0.462. The molecule has 1 aliphatic heterocycles. The Balaban J connectivity index is 0.000000181. The maximum Gasteiger partial charge on any atom is 0.508 e. The standard InChI is InChI=1S/C9H13N.C4H6O3/c1-10(2)8-9-6-4-3-5-7-9;1-3-2-6-4(5)7-3/h3-7H,8H2,1-2H3;3H,2H2,1H3. The molecule has 94 valence electrons. The molecule has 4 heteroatoms. The second-order valence-electron chi connectivity index (χ2n) is 4.21. The highest BCUT2D eigenvalue weighted by Crippen LogP contribution is 2.03. The molecule has 0 bridgehead atoms. The van der Waals surface area contributed by atoms with Crippen molar-refractivity contribution in [3.05, 3.63) is 35.9 Å². The third-order valence-electron chi connectivity index (χ3n) is 2.07. The van der Waals surface area contributed by atoms with Gasteiger partial charge >= 0.3 is 6.16 Å². The summed E-state index contributed by atoms with van der Waals surface area (Å²) in [6, 6.07) is 10.5. The van der Waals surface area contributed by atoms with Crippen LogP contribution in [0.1, 0.15) is 12.5 Å². The Bertz CT molecular complexity index is 338. The minimum atomic E-state index is -0.549. The number of nitrogens with zero attached hydrogens (tertiary/aromatic N) is 1. The van der Waals surface area contributed by atoms with Crippen molar-refractivity contribution in [1.82, 2.24) is 4.90 Å². The van der Waals surface area contributed by atoms with Crippen LogP contribution in [0.4, 0.5) is 4.79 Å². The highest BCUT2D eigenvalue weighted by atomic mass is 16.8. The second kappa shape index (κ2) is 6.91. The Morgan fingerprint density at radius 1 is 1.29 bits per heavy atom. The van der Waals surface area contributed by atoms with Crippen molar-refractivity contribution in [3.63, 3.8) is 0 Å². The molecule has 1 saturated heterocycles. The number of cyclic esters (lactones) is 2. The van der Waals surface area contributed by atoms with Crippen molar-refractivity contribution < 1.29 is 14.3 Å². The first-order chi connectivity index (χ1) is 8.08. The minimum Gasteiger partial charge on any atom is -0.430 e. The summed E-state index contributed by atoms with van der Waals surface area (Å²) in [7, 11) is 4.15. The highest BCUT2D eigenvalue weighted by molar-refractivity contribution is 5.61. The van der Waals surface area contributed by atoms with Gasteiger partial charge in [-0.2, -0.15) is 0 Å². The lowest BCUT2D eigenvalue weighted by Crippen LogP contribution is -2.10. The molecular weight excluding hydrogens is 218 g/mol. The first-order valence-corrected chi connectivity index (χ1v) is 5.60. The van der Waals surface area contributed by atoms with E-state index in [4.69, 9.17) is 0 Å². The molecule has 0 amide bonds. The Morgan fingerprint density at radius 3 is 2.29 bits per heavy atom. The van der Waals surface area contributed by atoms with Gasteiger partial charge in [-0.1, -0.05) is 30.3 Å². The summed E-state index contributed by atoms with van der Waals surface area (Å²) in [4.78, 5) is 12.2. The van der Waals surface area contributed by atoms with Crippen LogP contribution in [0.15, 0.2) is 30.3 Å². The number of carbonyl (C=O) groups is 1. The molecule has 1 aromatic carbocycles. The van der Waals surface area contributed by atoms with Crippen molar-refractivity contribution in [3.8, 4) is 0 Å². The van der Waals surface area contributed by atoms with Gasteiger partial charge in [0.2, 0.25) is 0 Å². The van der Waals surface area contributed by atoms with E-state index in [1.165, 1.54) is 5.56 Å². The molecule has 0 N–H and O–H groups in total. The van der Waals surface area contributed by atoms with E-state index in [-0.39, 0.29) is 6.10 Å². The predicted molar refractivity (Wildman–Crippen MR) is 65.7 cm³/mol. The van der Waals surface area contributed by atoms with Crippen molar-refractivity contribution in [2.45, 2.75) is 19.6 Å². The Kier molecular flexibility index (Phi) is 5.49. The largest absolute Gasteiger partial charge is 0.508 e. The number of hydrogen-bond donors (Lipinski definition) is 0. The lowest BCUT2D eigenvalue weighted by atomic mass is 10.2. The summed E-state index contributed by atoms with van der Waals surface area (Å²) in [5.41, 5.74) is 1.37. The quantitative estimate of drug-likeness (QED) is 0.740. The van der Waals surface area contributed by atoms with E-state index in [1.807, 2.05) is 6.07 Å². The van der Waals surface area contributed by atoms with Gasteiger partial charge in [0, 0.05) is 6.54 Å². The van der Waals surface area contributed by atoms with Crippen molar-refractivity contribution in [2.75, 3.05) is 20.7 Å². The molecule has 1 unspecified atom stereocenters. The first-order valence-electron chi connectivity index (χ1n) is 5.60. The zero-order valence-corrected chi connectivity index (χ0v) is 10.6. The number of benzene rings is 1. The smallest absolute Gasteiger partial charge is 0.430 e. The Hall–Kier alpha value is -1.55. The molecule has 1 aliphatic rings. The van der Waals surface area contributed by atoms with Crippen molar-refractivity contribution in [2.24, 2.45) is 0 Å². The summed E-state index contributed by atoms with van der Waals surface area (Å²) in [5, 5.41) is 0. The lowest BCUT2D eigenvalue weighted by Gasteiger charge is -2.08. The maximum absolute atomic E-state index is 10.0. The summed E-state index contributed by atoms with van der Waals surface area (Å²) in [6.07, 6.45) is -0.597. The zero-order chi connectivity index (χ0) is 12.7. The number of carbonyl (C=O) groups excluding carboxylic acids is 1. The Morgan fingerprint density at radius 2 is 1.94 bits per heavy atom. The topological polar surface area (TPSA) is 38.8 Å². The molecule has 1 aromatic rings. The van der Waals surface area contributed by atoms with Gasteiger partial charge < -0.3 is 14.4 Å². The van der Waals surface area contributed by atoms with Gasteiger partial charge in [0.25, 0.3) is 0 Å². The van der Waals surface area contributed by atoms with Crippen molar-refractivity contribution >= 4 is 6.16 Å². The molecule has 17 heavy (non-hydrogen) atoms. The van der Waals surface area contributed by atoms with E-state index in [1.54, 1.807) is 6.92 Å². The third-order valence-corrected chi connectivity index (χ3v) is 2.07. The average Bonchev–Trinajstić information content (AvgIpc) is 2.64. The van der Waals surface area contributed by atoms with Crippen LogP contribution >= 0.6 is 0 Å². The molecule has 2 rings (SSSR count). The van der Waals surface area contributed by atoms with Crippen LogP contribution in [0, 0.1) is 0 Å². The highest BCUT2D eigenvalue weighted by Gasteiger charge is 2.19. The minimum absolute atomic E-state index is 0.0486. The van der Waals surface area contributed by atoms with Gasteiger partial charge in [-0.3, -0.25) is 0 Å². The first kappa shape index (κ1) is 13.5. The molecule has 0 aliphatic carbocycles. The molecule has 1 atom stereocenters. The molecule has 1 heterocycles. The monoisotopic (exact) mass is 237 g/mol. The predicted octanol–water partition coefficient (Wildman–Crippen LogP) is 2.29. The van der Waals surface area contributed by atoms with E-state index in [2.05, 4.69) is 52.7 Å². The van der Waals surface area contributed by atoms with Gasteiger partial charge in [0.1, 0.15) is 12.7 Å². The van der Waals surface area contributed by atoms with Crippen LogP contribution in [0.5, 0.6) is 0 Å². The van der Waals surface area contributed by atoms with Crippen LogP contribution in [0.25, 0.3) is 0 Å². The fourth-order valence-corrected chi connectivity index (χ4v) is 1.37. The molecule has 1 fully saturated rings. The van der Waals surface area contributed by atoms with Crippen LogP contribution in [-0.4, -0.2) is 37.9 Å². The van der Waals surface area contributed by atoms with Gasteiger partial charge in [-0.15, -0.1) is 0 Å². The van der Waals surface area contributed by atoms with Crippen molar-refractivity contribution in [1.29, 1.82) is 0 Å².